The van der Waals surface area contributed by atoms with Crippen LogP contribution in [0, 0.1) is 0 Å². The molecule has 0 saturated carbocycles. The maximum atomic E-state index is 10.9. The molecule has 90 valence electrons. The lowest BCUT2D eigenvalue weighted by Gasteiger charge is -2.15. The molecule has 0 bridgehead atoms. The molecule has 0 aromatic heterocycles. The van der Waals surface area contributed by atoms with Crippen LogP contribution in [0.5, 0.6) is 0 Å². The molecule has 0 aliphatic rings. The van der Waals surface area contributed by atoms with E-state index in [1.54, 1.807) is 13.8 Å². The fourth-order valence-electron chi connectivity index (χ4n) is 1.08. The van der Waals surface area contributed by atoms with Gasteiger partial charge in [0.2, 0.25) is 0 Å². The van der Waals surface area contributed by atoms with Crippen molar-refractivity contribution in [1.82, 2.24) is 0 Å². The second kappa shape index (κ2) is 7.68. The Balaban J connectivity index is 3.78. The van der Waals surface area contributed by atoms with Crippen LogP contribution in [0.25, 0.3) is 0 Å². The highest BCUT2D eigenvalue weighted by Crippen LogP contribution is 2.08. The minimum atomic E-state index is -0.441. The number of esters is 2. The average molecular weight is 226 g/mol. The van der Waals surface area contributed by atoms with Crippen LogP contribution in [0.3, 0.4) is 0 Å². The summed E-state index contributed by atoms with van der Waals surface area (Å²) >= 11 is 0. The van der Waals surface area contributed by atoms with E-state index in [-0.39, 0.29) is 12.2 Å². The van der Waals surface area contributed by atoms with Crippen molar-refractivity contribution in [2.24, 2.45) is 0 Å². The number of hydrogen-bond donors (Lipinski definition) is 0. The second-order valence-electron chi connectivity index (χ2n) is 3.48. The Morgan fingerprint density at radius 2 is 1.31 bits per heavy atom. The number of rotatable bonds is 7. The smallest absolute Gasteiger partial charge is 0.330 e. The first-order valence-electron chi connectivity index (χ1n) is 5.15. The van der Waals surface area contributed by atoms with Gasteiger partial charge in [-0.3, -0.25) is 0 Å². The average Bonchev–Trinajstić information content (AvgIpc) is 2.26. The van der Waals surface area contributed by atoms with Gasteiger partial charge in [-0.15, -0.1) is 0 Å². The molecule has 0 amide bonds. The first-order valence-corrected chi connectivity index (χ1v) is 5.15. The van der Waals surface area contributed by atoms with Crippen LogP contribution in [0.15, 0.2) is 25.3 Å². The topological polar surface area (TPSA) is 52.6 Å². The predicted octanol–water partition coefficient (Wildman–Crippen LogP) is 2.00. The zero-order valence-corrected chi connectivity index (χ0v) is 9.77. The lowest BCUT2D eigenvalue weighted by atomic mass is 10.1. The van der Waals surface area contributed by atoms with Crippen LogP contribution in [0.1, 0.15) is 26.7 Å². The Labute approximate surface area is 95.9 Å². The van der Waals surface area contributed by atoms with E-state index in [4.69, 9.17) is 9.47 Å². The summed E-state index contributed by atoms with van der Waals surface area (Å²) in [7, 11) is 0. The van der Waals surface area contributed by atoms with Gasteiger partial charge in [0.05, 0.1) is 12.2 Å². The summed E-state index contributed by atoms with van der Waals surface area (Å²) in [6.45, 7) is 10.2. The molecule has 0 N–H and O–H groups in total. The molecule has 0 aliphatic heterocycles. The van der Waals surface area contributed by atoms with Gasteiger partial charge in [0.15, 0.2) is 0 Å². The van der Waals surface area contributed by atoms with E-state index in [9.17, 15) is 9.59 Å². The van der Waals surface area contributed by atoms with E-state index in [1.807, 2.05) is 0 Å². The summed E-state index contributed by atoms with van der Waals surface area (Å²) in [5.74, 6) is -0.883. The third-order valence-electron chi connectivity index (χ3n) is 1.95. The molecule has 0 spiro atoms. The maximum Gasteiger partial charge on any atom is 0.330 e. The van der Waals surface area contributed by atoms with Crippen LogP contribution in [-0.2, 0) is 19.1 Å². The fraction of sp³-hybridized carbons (Fsp3) is 0.500. The summed E-state index contributed by atoms with van der Waals surface area (Å²) in [5, 5.41) is 0. The van der Waals surface area contributed by atoms with Gasteiger partial charge >= 0.3 is 11.9 Å². The zero-order valence-electron chi connectivity index (χ0n) is 9.77. The van der Waals surface area contributed by atoms with Crippen LogP contribution < -0.4 is 0 Å². The second-order valence-corrected chi connectivity index (χ2v) is 3.48. The van der Waals surface area contributed by atoms with Crippen LogP contribution >= 0.6 is 0 Å². The molecule has 0 aromatic carbocycles. The summed E-state index contributed by atoms with van der Waals surface area (Å²) in [6, 6.07) is 0. The quantitative estimate of drug-likeness (QED) is 0.492. The number of hydrogen-bond acceptors (Lipinski definition) is 4. The molecule has 0 radical (unpaired) electrons. The minimum absolute atomic E-state index is 0.213. The monoisotopic (exact) mass is 226 g/mol. The lowest BCUT2D eigenvalue weighted by Crippen LogP contribution is -2.18. The largest absolute Gasteiger partial charge is 0.460 e. The Kier molecular flexibility index (Phi) is 6.92. The van der Waals surface area contributed by atoms with Crippen molar-refractivity contribution in [3.63, 3.8) is 0 Å². The van der Waals surface area contributed by atoms with Crippen molar-refractivity contribution < 1.29 is 19.1 Å². The van der Waals surface area contributed by atoms with Crippen molar-refractivity contribution in [3.05, 3.63) is 25.3 Å². The van der Waals surface area contributed by atoms with Gasteiger partial charge in [0.25, 0.3) is 0 Å². The Morgan fingerprint density at radius 1 is 1.00 bits per heavy atom. The predicted molar refractivity (Wildman–Crippen MR) is 60.7 cm³/mol. The molecule has 0 rings (SSSR count). The van der Waals surface area contributed by atoms with Crippen LogP contribution in [0.2, 0.25) is 0 Å². The van der Waals surface area contributed by atoms with Crippen molar-refractivity contribution in [2.75, 3.05) is 0 Å². The minimum Gasteiger partial charge on any atom is -0.460 e. The zero-order chi connectivity index (χ0) is 12.6. The van der Waals surface area contributed by atoms with Crippen molar-refractivity contribution in [2.45, 2.75) is 38.9 Å². The highest BCUT2D eigenvalue weighted by molar-refractivity contribution is 5.81. The van der Waals surface area contributed by atoms with E-state index >= 15 is 0 Å². The van der Waals surface area contributed by atoms with Gasteiger partial charge in [-0.1, -0.05) is 13.2 Å². The van der Waals surface area contributed by atoms with Gasteiger partial charge in [-0.2, -0.15) is 0 Å². The van der Waals surface area contributed by atoms with E-state index in [0.717, 1.165) is 12.2 Å². The number of carbonyl (C=O) groups excluding carboxylic acids is 2. The van der Waals surface area contributed by atoms with E-state index in [1.165, 1.54) is 0 Å². The summed E-state index contributed by atoms with van der Waals surface area (Å²) in [5.41, 5.74) is 0. The van der Waals surface area contributed by atoms with Crippen LogP contribution in [-0.4, -0.2) is 24.1 Å². The highest BCUT2D eigenvalue weighted by Gasteiger charge is 2.11. The molecule has 0 aliphatic carbocycles. The normalized spacial score (nSPS) is 13.4. The van der Waals surface area contributed by atoms with Gasteiger partial charge < -0.3 is 9.47 Å². The molecule has 0 aromatic rings. The van der Waals surface area contributed by atoms with Gasteiger partial charge in [-0.25, -0.2) is 9.59 Å². The highest BCUT2D eigenvalue weighted by atomic mass is 16.5. The lowest BCUT2D eigenvalue weighted by molar-refractivity contribution is -0.146. The van der Waals surface area contributed by atoms with Crippen LogP contribution in [0.4, 0.5) is 0 Å². The Hall–Kier alpha value is -1.58. The van der Waals surface area contributed by atoms with Crippen molar-refractivity contribution in [3.8, 4) is 0 Å². The third kappa shape index (κ3) is 6.81. The molecule has 4 heteroatoms. The molecule has 0 heterocycles. The molecule has 16 heavy (non-hydrogen) atoms. The molecular formula is C12H18O4. The van der Waals surface area contributed by atoms with Gasteiger partial charge in [0, 0.05) is 12.2 Å². The van der Waals surface area contributed by atoms with Crippen molar-refractivity contribution >= 4 is 11.9 Å². The fourth-order valence-corrected chi connectivity index (χ4v) is 1.08. The standard InChI is InChI=1S/C12H18O4/c1-5-11(13)15-9(3)7-8-10(4)16-12(14)6-2/h5-6,9-10H,1-2,7-8H2,3-4H3. The van der Waals surface area contributed by atoms with E-state index in [2.05, 4.69) is 13.2 Å². The Bertz CT molecular complexity index is 242. The number of ether oxygens (including phenoxy) is 2. The van der Waals surface area contributed by atoms with Gasteiger partial charge in [0.1, 0.15) is 0 Å². The molecule has 4 nitrogen and oxygen atoms in total. The molecule has 0 saturated heterocycles. The summed E-state index contributed by atoms with van der Waals surface area (Å²) in [4.78, 5) is 21.7. The molecule has 2 atom stereocenters. The molecular weight excluding hydrogens is 208 g/mol. The number of carbonyl (C=O) groups is 2. The van der Waals surface area contributed by atoms with E-state index in [0.29, 0.717) is 12.8 Å². The summed E-state index contributed by atoms with van der Waals surface area (Å²) < 4.78 is 9.93. The van der Waals surface area contributed by atoms with E-state index < -0.39 is 11.9 Å². The van der Waals surface area contributed by atoms with Crippen molar-refractivity contribution in [1.29, 1.82) is 0 Å². The molecule has 0 fully saturated rings. The maximum absolute atomic E-state index is 10.9. The molecule has 2 unspecified atom stereocenters. The first kappa shape index (κ1) is 14.4. The van der Waals surface area contributed by atoms with Gasteiger partial charge in [-0.05, 0) is 26.7 Å². The SMILES string of the molecule is C=CC(=O)OC(C)CCC(C)OC(=O)C=C. The Morgan fingerprint density at radius 3 is 1.56 bits per heavy atom. The summed E-state index contributed by atoms with van der Waals surface area (Å²) in [6.07, 6.45) is 3.08. The first-order chi connectivity index (χ1) is 7.49. The third-order valence-corrected chi connectivity index (χ3v) is 1.95.